The Morgan fingerprint density at radius 1 is 0.971 bits per heavy atom. The van der Waals surface area contributed by atoms with Crippen molar-refractivity contribution in [3.05, 3.63) is 70.9 Å². The van der Waals surface area contributed by atoms with Crippen LogP contribution in [0.1, 0.15) is 59.3 Å². The van der Waals surface area contributed by atoms with Gasteiger partial charge in [-0.05, 0) is 66.7 Å². The Morgan fingerprint density at radius 3 is 2.47 bits per heavy atom. The van der Waals surface area contributed by atoms with Crippen LogP contribution in [0.4, 0.5) is 0 Å². The summed E-state index contributed by atoms with van der Waals surface area (Å²) in [5.41, 5.74) is 4.92. The maximum absolute atomic E-state index is 13.3. The first-order valence-corrected chi connectivity index (χ1v) is 12.0. The van der Waals surface area contributed by atoms with E-state index >= 15 is 0 Å². The van der Waals surface area contributed by atoms with Crippen LogP contribution in [-0.2, 0) is 16.0 Å². The lowest BCUT2D eigenvalue weighted by Crippen LogP contribution is -2.35. The molecule has 1 aliphatic carbocycles. The van der Waals surface area contributed by atoms with Crippen LogP contribution < -0.4 is 0 Å². The highest BCUT2D eigenvalue weighted by Gasteiger charge is 2.28. The van der Waals surface area contributed by atoms with Crippen molar-refractivity contribution in [2.45, 2.75) is 38.5 Å². The van der Waals surface area contributed by atoms with E-state index in [1.54, 1.807) is 12.1 Å². The molecule has 2 heterocycles. The molecule has 174 valence electrons. The lowest BCUT2D eigenvalue weighted by molar-refractivity contribution is -0.134. The summed E-state index contributed by atoms with van der Waals surface area (Å²) >= 11 is 0. The molecule has 6 nitrogen and oxygen atoms in total. The predicted octanol–water partition coefficient (Wildman–Crippen LogP) is 4.99. The molecule has 2 aromatic carbocycles. The number of carbonyl (C=O) groups is 2. The summed E-state index contributed by atoms with van der Waals surface area (Å²) in [6.45, 7) is 1.23. The zero-order valence-corrected chi connectivity index (χ0v) is 19.1. The van der Waals surface area contributed by atoms with Crippen molar-refractivity contribution >= 4 is 34.4 Å². The van der Waals surface area contributed by atoms with Crippen molar-refractivity contribution in [1.82, 2.24) is 9.88 Å². The maximum Gasteiger partial charge on any atom is 0.339 e. The minimum absolute atomic E-state index is 0.127. The summed E-state index contributed by atoms with van der Waals surface area (Å²) < 4.78 is 5.58. The van der Waals surface area contributed by atoms with Gasteiger partial charge >= 0.3 is 5.97 Å². The van der Waals surface area contributed by atoms with Gasteiger partial charge in [-0.15, -0.1) is 0 Å². The fourth-order valence-corrected chi connectivity index (χ4v) is 4.89. The Kier molecular flexibility index (Phi) is 6.30. The second-order valence-electron chi connectivity index (χ2n) is 8.96. The minimum atomic E-state index is -0.469. The molecule has 6 heteroatoms. The molecular weight excluding hydrogens is 428 g/mol. The maximum atomic E-state index is 13.3. The number of aromatic nitrogens is 1. The van der Waals surface area contributed by atoms with Gasteiger partial charge in [0.25, 0.3) is 5.91 Å². The second kappa shape index (κ2) is 9.67. The number of hydrogen-bond acceptors (Lipinski definition) is 5. The third-order valence-electron chi connectivity index (χ3n) is 6.67. The van der Waals surface area contributed by atoms with Crippen LogP contribution in [0, 0.1) is 0 Å². The van der Waals surface area contributed by atoms with Crippen LogP contribution in [0.25, 0.3) is 22.6 Å². The first kappa shape index (κ1) is 22.1. The molecule has 1 saturated heterocycles. The molecule has 1 aromatic heterocycles. The number of fused-ring (bicyclic) bond motifs is 2. The van der Waals surface area contributed by atoms with Crippen LogP contribution in [0.5, 0.6) is 5.75 Å². The number of phenols is 1. The number of rotatable bonds is 4. The number of likely N-dealkylation sites (tertiary alicyclic amines) is 1. The lowest BCUT2D eigenvalue weighted by Gasteiger charge is -2.20. The van der Waals surface area contributed by atoms with Crippen molar-refractivity contribution in [2.24, 2.45) is 0 Å². The molecule has 1 N–H and O–H groups in total. The van der Waals surface area contributed by atoms with Crippen LogP contribution in [0.3, 0.4) is 0 Å². The van der Waals surface area contributed by atoms with Crippen molar-refractivity contribution in [3.8, 4) is 5.75 Å². The van der Waals surface area contributed by atoms with Gasteiger partial charge in [0.05, 0.1) is 16.8 Å². The third-order valence-corrected chi connectivity index (χ3v) is 6.67. The summed E-state index contributed by atoms with van der Waals surface area (Å²) in [5.74, 6) is -0.375. The van der Waals surface area contributed by atoms with Gasteiger partial charge in [-0.2, -0.15) is 0 Å². The monoisotopic (exact) mass is 456 g/mol. The lowest BCUT2D eigenvalue weighted by atomic mass is 10.0. The number of amides is 1. The summed E-state index contributed by atoms with van der Waals surface area (Å²) in [6.07, 6.45) is 7.76. The van der Waals surface area contributed by atoms with Gasteiger partial charge in [0.15, 0.2) is 6.61 Å². The first-order chi connectivity index (χ1) is 16.6. The normalized spacial score (nSPS) is 16.9. The highest BCUT2D eigenvalue weighted by atomic mass is 16.5. The molecular formula is C28H28N2O4. The number of ether oxygens (including phenoxy) is 1. The number of allylic oxidation sites excluding steroid dienone is 1. The van der Waals surface area contributed by atoms with E-state index in [-0.39, 0.29) is 18.3 Å². The average Bonchev–Trinajstić information content (AvgIpc) is 3.06. The molecule has 0 radical (unpaired) electrons. The summed E-state index contributed by atoms with van der Waals surface area (Å²) in [4.78, 5) is 32.7. The Balaban J connectivity index is 1.44. The minimum Gasteiger partial charge on any atom is -0.508 e. The van der Waals surface area contributed by atoms with Crippen molar-refractivity contribution in [3.63, 3.8) is 0 Å². The number of para-hydroxylation sites is 1. The van der Waals surface area contributed by atoms with E-state index in [1.165, 1.54) is 0 Å². The topological polar surface area (TPSA) is 79.7 Å². The first-order valence-electron chi connectivity index (χ1n) is 12.0. The molecule has 1 fully saturated rings. The number of pyridine rings is 1. The zero-order chi connectivity index (χ0) is 23.5. The van der Waals surface area contributed by atoms with Crippen LogP contribution in [0.2, 0.25) is 0 Å². The van der Waals surface area contributed by atoms with Gasteiger partial charge in [-0.25, -0.2) is 9.78 Å². The van der Waals surface area contributed by atoms with E-state index in [1.807, 2.05) is 47.4 Å². The largest absolute Gasteiger partial charge is 0.508 e. The Bertz CT molecular complexity index is 1260. The molecule has 1 aliphatic heterocycles. The molecule has 3 aromatic rings. The molecule has 34 heavy (non-hydrogen) atoms. The van der Waals surface area contributed by atoms with Crippen LogP contribution >= 0.6 is 0 Å². The number of carbonyl (C=O) groups excluding carboxylic acids is 2. The van der Waals surface area contributed by atoms with E-state index in [4.69, 9.17) is 9.72 Å². The van der Waals surface area contributed by atoms with E-state index < -0.39 is 5.97 Å². The van der Waals surface area contributed by atoms with Gasteiger partial charge in [-0.1, -0.05) is 43.2 Å². The van der Waals surface area contributed by atoms with Crippen molar-refractivity contribution in [2.75, 3.05) is 19.7 Å². The summed E-state index contributed by atoms with van der Waals surface area (Å²) in [7, 11) is 0. The highest BCUT2D eigenvalue weighted by molar-refractivity contribution is 6.07. The zero-order valence-electron chi connectivity index (χ0n) is 19.1. The van der Waals surface area contributed by atoms with Crippen LogP contribution in [0.15, 0.2) is 48.5 Å². The second-order valence-corrected chi connectivity index (χ2v) is 8.96. The molecule has 0 spiro atoms. The molecule has 2 aliphatic rings. The van der Waals surface area contributed by atoms with E-state index in [2.05, 4.69) is 0 Å². The van der Waals surface area contributed by atoms with Crippen molar-refractivity contribution < 1.29 is 19.4 Å². The predicted molar refractivity (Wildman–Crippen MR) is 131 cm³/mol. The standard InChI is InChI=1S/C28H28N2O4/c31-21-12-9-19(10-13-21)17-20-11-14-23-26(22-7-3-4-8-24(22)29-27(20)23)28(33)34-18-25(32)30-15-5-1-2-6-16-30/h3-4,7-10,12-13,17,31H,1-2,5-6,11,14-16,18H2/b20-17+. The number of aromatic hydroxyl groups is 1. The van der Waals surface area contributed by atoms with Gasteiger partial charge < -0.3 is 14.7 Å². The molecule has 5 rings (SSSR count). The molecule has 0 bridgehead atoms. The van der Waals surface area contributed by atoms with Gasteiger partial charge in [0.1, 0.15) is 5.75 Å². The van der Waals surface area contributed by atoms with E-state index in [0.717, 1.165) is 78.5 Å². The fourth-order valence-electron chi connectivity index (χ4n) is 4.89. The van der Waals surface area contributed by atoms with Gasteiger partial charge in [-0.3, -0.25) is 4.79 Å². The van der Waals surface area contributed by atoms with Crippen LogP contribution in [-0.4, -0.2) is 46.6 Å². The summed E-state index contributed by atoms with van der Waals surface area (Å²) in [5, 5.41) is 10.3. The molecule has 0 unspecified atom stereocenters. The van der Waals surface area contributed by atoms with Gasteiger partial charge in [0, 0.05) is 18.5 Å². The number of hydrogen-bond donors (Lipinski definition) is 1. The van der Waals surface area contributed by atoms with Crippen molar-refractivity contribution in [1.29, 1.82) is 0 Å². The smallest absolute Gasteiger partial charge is 0.339 e. The number of phenolic OH excluding ortho intramolecular Hbond substituents is 1. The van der Waals surface area contributed by atoms with E-state index in [0.29, 0.717) is 12.0 Å². The Labute approximate surface area is 198 Å². The number of benzene rings is 2. The molecule has 0 atom stereocenters. The van der Waals surface area contributed by atoms with Gasteiger partial charge in [0.2, 0.25) is 0 Å². The van der Waals surface area contributed by atoms with E-state index in [9.17, 15) is 14.7 Å². The SMILES string of the molecule is O=C(OCC(=O)N1CCCCCC1)c1c2c(nc3ccccc13)/C(=C/c1ccc(O)cc1)CC2. The highest BCUT2D eigenvalue weighted by Crippen LogP contribution is 2.38. The molecule has 0 saturated carbocycles. The average molecular weight is 457 g/mol. The Hall–Kier alpha value is -3.67. The quantitative estimate of drug-likeness (QED) is 0.560. The number of nitrogens with zero attached hydrogens (tertiary/aromatic N) is 2. The third kappa shape index (κ3) is 4.53. The Morgan fingerprint density at radius 2 is 1.71 bits per heavy atom. The number of esters is 1. The molecule has 1 amide bonds. The summed E-state index contributed by atoms with van der Waals surface area (Å²) in [6, 6.07) is 14.6. The fraction of sp³-hybridized carbons (Fsp3) is 0.321.